The van der Waals surface area contributed by atoms with Gasteiger partial charge in [0.1, 0.15) is 18.0 Å². The number of carbonyl (C=O) groups excluding carboxylic acids is 2. The van der Waals surface area contributed by atoms with E-state index in [9.17, 15) is 14.4 Å². The zero-order valence-electron chi connectivity index (χ0n) is 14.4. The van der Waals surface area contributed by atoms with E-state index in [4.69, 9.17) is 19.0 Å². The van der Waals surface area contributed by atoms with Crippen LogP contribution in [0, 0.1) is 6.92 Å². The van der Waals surface area contributed by atoms with Gasteiger partial charge in [0.25, 0.3) is 0 Å². The fourth-order valence-corrected chi connectivity index (χ4v) is 2.89. The Kier molecular flexibility index (Phi) is 4.79. The number of rotatable bonds is 6. The van der Waals surface area contributed by atoms with E-state index in [0.29, 0.717) is 11.3 Å². The fourth-order valence-electron chi connectivity index (χ4n) is 2.89. The van der Waals surface area contributed by atoms with Gasteiger partial charge in [-0.25, -0.2) is 4.79 Å². The van der Waals surface area contributed by atoms with Crippen molar-refractivity contribution in [1.82, 2.24) is 0 Å². The molecule has 1 atom stereocenters. The Bertz CT molecular complexity index is 919. The molecule has 3 rings (SSSR count). The zero-order valence-corrected chi connectivity index (χ0v) is 14.4. The number of hydrogen-bond acceptors (Lipinski definition) is 6. The van der Waals surface area contributed by atoms with Crippen LogP contribution in [-0.4, -0.2) is 29.6 Å². The molecule has 1 aromatic heterocycles. The molecule has 0 aliphatic carbocycles. The quantitative estimate of drug-likeness (QED) is 0.791. The molecule has 1 N–H and O–H groups in total. The van der Waals surface area contributed by atoms with E-state index in [0.717, 1.165) is 22.1 Å². The number of esters is 2. The molecule has 0 radical (unpaired) electrons. The Hall–Kier alpha value is -3.09. The third kappa shape index (κ3) is 3.61. The van der Waals surface area contributed by atoms with Crippen molar-refractivity contribution in [3.8, 4) is 0 Å². The molecule has 0 saturated carbocycles. The summed E-state index contributed by atoms with van der Waals surface area (Å²) in [7, 11) is 0. The van der Waals surface area contributed by atoms with E-state index in [2.05, 4.69) is 0 Å². The second-order valence-corrected chi connectivity index (χ2v) is 6.11. The Morgan fingerprint density at radius 3 is 2.73 bits per heavy atom. The van der Waals surface area contributed by atoms with Crippen molar-refractivity contribution in [2.45, 2.75) is 32.8 Å². The van der Waals surface area contributed by atoms with Crippen LogP contribution in [0.15, 0.2) is 28.7 Å². The molecule has 2 aromatic rings. The van der Waals surface area contributed by atoms with Crippen LogP contribution in [0.1, 0.15) is 42.8 Å². The highest BCUT2D eigenvalue weighted by Gasteiger charge is 2.22. The molecule has 0 unspecified atom stereocenters. The van der Waals surface area contributed by atoms with Crippen LogP contribution in [0.5, 0.6) is 0 Å². The van der Waals surface area contributed by atoms with Crippen LogP contribution in [0.2, 0.25) is 0 Å². The highest BCUT2D eigenvalue weighted by atomic mass is 16.6. The predicted molar refractivity (Wildman–Crippen MR) is 91.3 cm³/mol. The number of fused-ring (bicyclic) bond motifs is 1. The summed E-state index contributed by atoms with van der Waals surface area (Å²) in [5.41, 5.74) is 3.13. The van der Waals surface area contributed by atoms with Gasteiger partial charge < -0.3 is 19.0 Å². The SMILES string of the molecule is Cc1c([C@H](C)OC(=O)CCC(=O)O)oc2ccc(C3=CC(=O)OC3)cc12. The molecular formula is C19H18O7. The maximum absolute atomic E-state index is 11.7. The number of cyclic esters (lactones) is 1. The van der Waals surface area contributed by atoms with Crippen LogP contribution in [0.25, 0.3) is 16.5 Å². The van der Waals surface area contributed by atoms with E-state index >= 15 is 0 Å². The molecule has 1 aliphatic rings. The van der Waals surface area contributed by atoms with Crippen molar-refractivity contribution in [2.24, 2.45) is 0 Å². The molecule has 7 nitrogen and oxygen atoms in total. The van der Waals surface area contributed by atoms with Gasteiger partial charge in [-0.15, -0.1) is 0 Å². The Morgan fingerprint density at radius 1 is 1.31 bits per heavy atom. The van der Waals surface area contributed by atoms with Gasteiger partial charge in [0, 0.05) is 22.6 Å². The van der Waals surface area contributed by atoms with Crippen LogP contribution in [-0.2, 0) is 23.9 Å². The van der Waals surface area contributed by atoms with Gasteiger partial charge in [-0.05, 0) is 31.5 Å². The zero-order chi connectivity index (χ0) is 18.8. The Labute approximate surface area is 149 Å². The number of aliphatic carboxylic acids is 1. The molecule has 26 heavy (non-hydrogen) atoms. The third-order valence-corrected chi connectivity index (χ3v) is 4.23. The van der Waals surface area contributed by atoms with Crippen LogP contribution in [0.4, 0.5) is 0 Å². The van der Waals surface area contributed by atoms with Crippen molar-refractivity contribution >= 4 is 34.5 Å². The highest BCUT2D eigenvalue weighted by molar-refractivity contribution is 5.97. The Morgan fingerprint density at radius 2 is 2.08 bits per heavy atom. The molecule has 2 heterocycles. The molecule has 1 aliphatic heterocycles. The molecule has 1 aromatic carbocycles. The van der Waals surface area contributed by atoms with Gasteiger partial charge in [0.2, 0.25) is 0 Å². The predicted octanol–water partition coefficient (Wildman–Crippen LogP) is 3.15. The number of ether oxygens (including phenoxy) is 2. The average molecular weight is 358 g/mol. The van der Waals surface area contributed by atoms with Gasteiger partial charge >= 0.3 is 17.9 Å². The van der Waals surface area contributed by atoms with Crippen LogP contribution >= 0.6 is 0 Å². The van der Waals surface area contributed by atoms with Crippen molar-refractivity contribution in [3.05, 3.63) is 41.2 Å². The van der Waals surface area contributed by atoms with E-state index in [1.165, 1.54) is 6.08 Å². The number of benzene rings is 1. The lowest BCUT2D eigenvalue weighted by molar-refractivity contribution is -0.152. The molecule has 0 spiro atoms. The summed E-state index contributed by atoms with van der Waals surface area (Å²) >= 11 is 0. The number of furan rings is 1. The monoisotopic (exact) mass is 358 g/mol. The van der Waals surface area contributed by atoms with Gasteiger partial charge in [-0.3, -0.25) is 9.59 Å². The molecule has 0 saturated heterocycles. The third-order valence-electron chi connectivity index (χ3n) is 4.23. The molecule has 136 valence electrons. The fraction of sp³-hybridized carbons (Fsp3) is 0.316. The second kappa shape index (κ2) is 7.03. The van der Waals surface area contributed by atoms with E-state index in [1.807, 2.05) is 19.1 Å². The maximum atomic E-state index is 11.7. The lowest BCUT2D eigenvalue weighted by atomic mass is 10.0. The average Bonchev–Trinajstić information content (AvgIpc) is 3.16. The molecular weight excluding hydrogens is 340 g/mol. The first-order valence-electron chi connectivity index (χ1n) is 8.17. The summed E-state index contributed by atoms with van der Waals surface area (Å²) in [5.74, 6) is -1.49. The van der Waals surface area contributed by atoms with E-state index < -0.39 is 18.0 Å². The van der Waals surface area contributed by atoms with Gasteiger partial charge in [-0.2, -0.15) is 0 Å². The van der Waals surface area contributed by atoms with Crippen molar-refractivity contribution in [3.63, 3.8) is 0 Å². The van der Waals surface area contributed by atoms with Crippen molar-refractivity contribution in [2.75, 3.05) is 6.61 Å². The van der Waals surface area contributed by atoms with Crippen molar-refractivity contribution < 1.29 is 33.4 Å². The lowest BCUT2D eigenvalue weighted by Gasteiger charge is -2.11. The minimum absolute atomic E-state index is 0.189. The largest absolute Gasteiger partial charge is 0.481 e. The minimum atomic E-state index is -1.05. The van der Waals surface area contributed by atoms with Crippen LogP contribution < -0.4 is 0 Å². The number of carboxylic acids is 1. The molecule has 7 heteroatoms. The number of carbonyl (C=O) groups is 3. The highest BCUT2D eigenvalue weighted by Crippen LogP contribution is 2.33. The first-order valence-corrected chi connectivity index (χ1v) is 8.17. The minimum Gasteiger partial charge on any atom is -0.481 e. The van der Waals surface area contributed by atoms with Crippen LogP contribution in [0.3, 0.4) is 0 Å². The normalized spacial score (nSPS) is 14.8. The van der Waals surface area contributed by atoms with Crippen molar-refractivity contribution in [1.29, 1.82) is 0 Å². The summed E-state index contributed by atoms with van der Waals surface area (Å²) in [6.07, 6.45) is 0.363. The summed E-state index contributed by atoms with van der Waals surface area (Å²) in [6, 6.07) is 5.54. The summed E-state index contributed by atoms with van der Waals surface area (Å²) in [6.45, 7) is 3.78. The van der Waals surface area contributed by atoms with Gasteiger partial charge in [0.15, 0.2) is 6.10 Å². The number of carboxylic acid groups (broad SMARTS) is 1. The van der Waals surface area contributed by atoms with Gasteiger partial charge in [0.05, 0.1) is 12.8 Å². The summed E-state index contributed by atoms with van der Waals surface area (Å²) in [4.78, 5) is 33.5. The molecule has 0 bridgehead atoms. The summed E-state index contributed by atoms with van der Waals surface area (Å²) < 4.78 is 16.0. The van der Waals surface area contributed by atoms with E-state index in [-0.39, 0.29) is 25.4 Å². The Balaban J connectivity index is 1.82. The molecule has 0 fully saturated rings. The molecule has 0 amide bonds. The first kappa shape index (κ1) is 17.7. The van der Waals surface area contributed by atoms with Gasteiger partial charge in [-0.1, -0.05) is 6.07 Å². The summed E-state index contributed by atoms with van der Waals surface area (Å²) in [5, 5.41) is 9.48. The number of aryl methyl sites for hydroxylation is 1. The van der Waals surface area contributed by atoms with E-state index in [1.54, 1.807) is 13.0 Å². The number of hydrogen-bond donors (Lipinski definition) is 1. The maximum Gasteiger partial charge on any atom is 0.331 e. The smallest absolute Gasteiger partial charge is 0.331 e. The first-order chi connectivity index (χ1) is 12.3. The standard InChI is InChI=1S/C19H18O7/c1-10-14-7-12(13-8-18(23)24-9-13)3-4-15(14)26-19(10)11(2)25-17(22)6-5-16(20)21/h3-4,7-8,11H,5-6,9H2,1-2H3,(H,20,21)/t11-/m0/s1. The lowest BCUT2D eigenvalue weighted by Crippen LogP contribution is -2.10. The second-order valence-electron chi connectivity index (χ2n) is 6.11. The topological polar surface area (TPSA) is 103 Å².